The second kappa shape index (κ2) is 3.41. The van der Waals surface area contributed by atoms with Gasteiger partial charge in [-0.1, -0.05) is 27.7 Å². The van der Waals surface area contributed by atoms with Gasteiger partial charge >= 0.3 is 0 Å². The van der Waals surface area contributed by atoms with Gasteiger partial charge < -0.3 is 14.2 Å². The summed E-state index contributed by atoms with van der Waals surface area (Å²) in [7, 11) is 0. The molecule has 0 aromatic heterocycles. The summed E-state index contributed by atoms with van der Waals surface area (Å²) in [5.41, 5.74) is 0.582. The molecule has 0 aromatic carbocycles. The molecule has 4 aliphatic heterocycles. The Hall–Kier alpha value is -0.120. The van der Waals surface area contributed by atoms with E-state index in [0.29, 0.717) is 22.7 Å². The summed E-state index contributed by atoms with van der Waals surface area (Å²) < 4.78 is 19.5. The van der Waals surface area contributed by atoms with Crippen LogP contribution in [0.4, 0.5) is 0 Å². The molecule has 0 aromatic rings. The van der Waals surface area contributed by atoms with Crippen LogP contribution >= 0.6 is 0 Å². The quantitative estimate of drug-likeness (QED) is 0.775. The van der Waals surface area contributed by atoms with E-state index in [9.17, 15) is 0 Å². The van der Waals surface area contributed by atoms with Crippen LogP contribution in [-0.2, 0) is 14.2 Å². The minimum atomic E-state index is -0.0211. The largest absolute Gasteiger partial charge is 0.345 e. The summed E-state index contributed by atoms with van der Waals surface area (Å²) in [5, 5.41) is 0. The molecular weight excluding hydrogens is 288 g/mol. The summed E-state index contributed by atoms with van der Waals surface area (Å²) >= 11 is 0. The first-order valence-electron chi connectivity index (χ1n) is 9.62. The molecule has 128 valence electrons. The van der Waals surface area contributed by atoms with Gasteiger partial charge in [-0.3, -0.25) is 0 Å². The summed E-state index contributed by atoms with van der Waals surface area (Å²) in [6, 6.07) is 0. The molecule has 0 radical (unpaired) electrons. The van der Waals surface area contributed by atoms with Gasteiger partial charge in [-0.2, -0.15) is 0 Å². The topological polar surface area (TPSA) is 27.7 Å². The third-order valence-corrected chi connectivity index (χ3v) is 9.75. The maximum Gasteiger partial charge on any atom is 0.164 e. The van der Waals surface area contributed by atoms with Crippen molar-refractivity contribution in [2.24, 2.45) is 46.3 Å². The van der Waals surface area contributed by atoms with E-state index in [-0.39, 0.29) is 23.8 Å². The van der Waals surface area contributed by atoms with E-state index >= 15 is 0 Å². The maximum atomic E-state index is 6.51. The fourth-order valence-electron chi connectivity index (χ4n) is 7.67. The lowest BCUT2D eigenvalue weighted by atomic mass is 9.71. The second-order valence-corrected chi connectivity index (χ2v) is 11.0. The average molecular weight is 318 g/mol. The van der Waals surface area contributed by atoms with Crippen molar-refractivity contribution in [1.82, 2.24) is 0 Å². The highest BCUT2D eigenvalue weighted by Crippen LogP contribution is 2.78. The maximum absolute atomic E-state index is 6.51. The van der Waals surface area contributed by atoms with Crippen LogP contribution < -0.4 is 0 Å². The van der Waals surface area contributed by atoms with E-state index in [0.717, 1.165) is 23.7 Å². The first-order valence-corrected chi connectivity index (χ1v) is 9.62. The smallest absolute Gasteiger partial charge is 0.164 e. The Balaban J connectivity index is 1.24. The molecule has 8 bridgehead atoms. The van der Waals surface area contributed by atoms with E-state index in [4.69, 9.17) is 14.2 Å². The van der Waals surface area contributed by atoms with Gasteiger partial charge in [0.2, 0.25) is 0 Å². The summed E-state index contributed by atoms with van der Waals surface area (Å²) in [4.78, 5) is 0. The molecule has 4 aliphatic carbocycles. The second-order valence-electron chi connectivity index (χ2n) is 11.0. The minimum absolute atomic E-state index is 0.00847. The van der Waals surface area contributed by atoms with Gasteiger partial charge in [0.25, 0.3) is 0 Å². The fourth-order valence-corrected chi connectivity index (χ4v) is 7.67. The van der Waals surface area contributed by atoms with Crippen LogP contribution in [0.3, 0.4) is 0 Å². The van der Waals surface area contributed by atoms with Crippen molar-refractivity contribution in [1.29, 1.82) is 0 Å². The van der Waals surface area contributed by atoms with Crippen LogP contribution in [-0.4, -0.2) is 23.8 Å². The lowest BCUT2D eigenvalue weighted by Gasteiger charge is -2.52. The Morgan fingerprint density at radius 3 is 1.35 bits per heavy atom. The molecule has 8 rings (SSSR count). The van der Waals surface area contributed by atoms with Gasteiger partial charge in [0.15, 0.2) is 12.6 Å². The molecule has 0 amide bonds. The normalized spacial score (nSPS) is 68.1. The number of rotatable bonds is 2. The van der Waals surface area contributed by atoms with E-state index in [2.05, 4.69) is 41.5 Å². The van der Waals surface area contributed by atoms with Crippen LogP contribution in [0.1, 0.15) is 54.4 Å². The van der Waals surface area contributed by atoms with Crippen molar-refractivity contribution >= 4 is 0 Å². The van der Waals surface area contributed by atoms with Gasteiger partial charge in [-0.15, -0.1) is 0 Å². The Labute approximate surface area is 139 Å². The lowest BCUT2D eigenvalue weighted by Crippen LogP contribution is -2.57. The Bertz CT molecular complexity index is 560. The van der Waals surface area contributed by atoms with Crippen molar-refractivity contribution in [3.8, 4) is 0 Å². The van der Waals surface area contributed by atoms with Gasteiger partial charge in [-0.05, 0) is 61.2 Å². The zero-order valence-corrected chi connectivity index (χ0v) is 15.3. The molecule has 10 unspecified atom stereocenters. The van der Waals surface area contributed by atoms with E-state index in [1.54, 1.807) is 0 Å². The van der Waals surface area contributed by atoms with Gasteiger partial charge in [0.05, 0.1) is 11.2 Å². The zero-order valence-electron chi connectivity index (χ0n) is 15.3. The number of hydrogen-bond donors (Lipinski definition) is 0. The molecule has 10 atom stereocenters. The SMILES string of the molecule is CC12CC3C(C(OC4OC5(C)CC6C4C6C5(C)C)O1)C3C2(C)C. The molecule has 0 N–H and O–H groups in total. The van der Waals surface area contributed by atoms with Crippen molar-refractivity contribution in [2.75, 3.05) is 0 Å². The first kappa shape index (κ1) is 14.1. The van der Waals surface area contributed by atoms with Crippen LogP contribution in [0, 0.1) is 46.3 Å². The third kappa shape index (κ3) is 1.29. The molecule has 8 aliphatic rings. The van der Waals surface area contributed by atoms with E-state index < -0.39 is 0 Å². The fraction of sp³-hybridized carbons (Fsp3) is 1.00. The summed E-state index contributed by atoms with van der Waals surface area (Å²) in [5.74, 6) is 4.49. The van der Waals surface area contributed by atoms with E-state index in [1.807, 2.05) is 0 Å². The molecule has 23 heavy (non-hydrogen) atoms. The van der Waals surface area contributed by atoms with Crippen molar-refractivity contribution < 1.29 is 14.2 Å². The van der Waals surface area contributed by atoms with Crippen LogP contribution in [0.15, 0.2) is 0 Å². The lowest BCUT2D eigenvalue weighted by molar-refractivity contribution is -0.366. The molecule has 0 spiro atoms. The van der Waals surface area contributed by atoms with Crippen molar-refractivity contribution in [2.45, 2.75) is 78.2 Å². The van der Waals surface area contributed by atoms with Crippen LogP contribution in [0.2, 0.25) is 0 Å². The van der Waals surface area contributed by atoms with Crippen LogP contribution in [0.5, 0.6) is 0 Å². The number of fused-ring (bicyclic) bond motifs is 2. The highest BCUT2D eigenvalue weighted by molar-refractivity contribution is 5.25. The van der Waals surface area contributed by atoms with Gasteiger partial charge in [0.1, 0.15) is 0 Å². The molecular formula is C20H30O3. The molecule has 3 nitrogen and oxygen atoms in total. The van der Waals surface area contributed by atoms with Gasteiger partial charge in [0, 0.05) is 11.8 Å². The Morgan fingerprint density at radius 1 is 0.696 bits per heavy atom. The molecule has 4 saturated heterocycles. The van der Waals surface area contributed by atoms with Crippen molar-refractivity contribution in [3.05, 3.63) is 0 Å². The number of ether oxygens (including phenoxy) is 3. The predicted octanol–water partition coefficient (Wildman–Crippen LogP) is 3.82. The minimum Gasteiger partial charge on any atom is -0.345 e. The average Bonchev–Trinajstić information content (AvgIpc) is 3.26. The molecule has 3 heteroatoms. The van der Waals surface area contributed by atoms with Crippen molar-refractivity contribution in [3.63, 3.8) is 0 Å². The standard InChI is InChI=1S/C20H30O3/c1-17(2)13-9-7-19(17,5)22-15(11(9)13)21-16-12-10-8-20(6,23-16)18(3,4)14(10)12/h9-16H,7-8H2,1-6H3. The monoisotopic (exact) mass is 318 g/mol. The summed E-state index contributed by atoms with van der Waals surface area (Å²) in [6.07, 6.45) is 2.40. The predicted molar refractivity (Wildman–Crippen MR) is 85.4 cm³/mol. The number of hydrogen-bond acceptors (Lipinski definition) is 3. The highest BCUT2D eigenvalue weighted by Gasteiger charge is 2.80. The Morgan fingerprint density at radius 2 is 1.09 bits per heavy atom. The van der Waals surface area contributed by atoms with Crippen LogP contribution in [0.25, 0.3) is 0 Å². The molecule has 8 fully saturated rings. The zero-order chi connectivity index (χ0) is 16.2. The summed E-state index contributed by atoms with van der Waals surface area (Å²) in [6.45, 7) is 14.2. The van der Waals surface area contributed by atoms with E-state index in [1.165, 1.54) is 12.8 Å². The van der Waals surface area contributed by atoms with Gasteiger partial charge in [-0.25, -0.2) is 0 Å². The highest BCUT2D eigenvalue weighted by atomic mass is 16.8. The molecule has 4 heterocycles. The third-order valence-electron chi connectivity index (χ3n) is 9.75. The Kier molecular flexibility index (Phi) is 2.09. The molecule has 4 saturated carbocycles. The first-order chi connectivity index (χ1) is 10.6.